The minimum Gasteiger partial charge on any atom is -0.463 e. The molecule has 0 spiro atoms. The van der Waals surface area contributed by atoms with Crippen LogP contribution in [-0.2, 0) is 19.1 Å². The molecule has 0 saturated heterocycles. The maximum absolute atomic E-state index is 10.3. The van der Waals surface area contributed by atoms with E-state index in [1.54, 1.807) is 0 Å². The molecule has 1 N–H and O–H groups in total. The van der Waals surface area contributed by atoms with Crippen LogP contribution in [0.15, 0.2) is 61.7 Å². The van der Waals surface area contributed by atoms with Crippen LogP contribution in [0, 0.1) is 0 Å². The molecule has 0 atom stereocenters. The number of rotatable bonds is 7. The second-order valence-corrected chi connectivity index (χ2v) is 4.68. The fourth-order valence-corrected chi connectivity index (χ4v) is 1.15. The number of carbonyl (C=O) groups excluding carboxylic acids is 2. The van der Waals surface area contributed by atoms with Crippen molar-refractivity contribution in [3.05, 3.63) is 67.3 Å². The molecule has 138 valence electrons. The minimum absolute atomic E-state index is 0.291. The summed E-state index contributed by atoms with van der Waals surface area (Å²) in [6, 6.07) is 10.0. The van der Waals surface area contributed by atoms with Gasteiger partial charge in [-0.05, 0) is 18.9 Å². The van der Waals surface area contributed by atoms with E-state index in [0.717, 1.165) is 12.8 Å². The SMILES string of the molecule is C=C(C)C(=O)OCO.C=CC(=O)OCCCC.C=Cc1ccccc1. The summed E-state index contributed by atoms with van der Waals surface area (Å²) in [5.74, 6) is -0.893. The second kappa shape index (κ2) is 17.7. The molecular formula is C20H28O5. The van der Waals surface area contributed by atoms with Gasteiger partial charge in [0.15, 0.2) is 6.79 Å². The van der Waals surface area contributed by atoms with Crippen molar-refractivity contribution in [2.24, 2.45) is 0 Å². The second-order valence-electron chi connectivity index (χ2n) is 4.68. The molecular weight excluding hydrogens is 320 g/mol. The number of benzene rings is 1. The maximum Gasteiger partial charge on any atom is 0.335 e. The van der Waals surface area contributed by atoms with Gasteiger partial charge in [0.05, 0.1) is 6.61 Å². The van der Waals surface area contributed by atoms with Gasteiger partial charge in [0.25, 0.3) is 0 Å². The Morgan fingerprint density at radius 3 is 2.08 bits per heavy atom. The molecule has 1 rings (SSSR count). The van der Waals surface area contributed by atoms with Crippen LogP contribution in [0.4, 0.5) is 0 Å². The highest BCUT2D eigenvalue weighted by molar-refractivity contribution is 5.86. The van der Waals surface area contributed by atoms with Gasteiger partial charge >= 0.3 is 11.9 Å². The summed E-state index contributed by atoms with van der Waals surface area (Å²) in [6.07, 6.45) is 4.99. The first kappa shape index (κ1) is 24.6. The molecule has 0 heterocycles. The van der Waals surface area contributed by atoms with E-state index in [-0.39, 0.29) is 5.97 Å². The Morgan fingerprint density at radius 1 is 1.16 bits per heavy atom. The van der Waals surface area contributed by atoms with Crippen LogP contribution >= 0.6 is 0 Å². The van der Waals surface area contributed by atoms with Gasteiger partial charge in [-0.25, -0.2) is 9.59 Å². The van der Waals surface area contributed by atoms with Gasteiger partial charge in [-0.2, -0.15) is 0 Å². The van der Waals surface area contributed by atoms with Gasteiger partial charge in [0.2, 0.25) is 0 Å². The van der Waals surface area contributed by atoms with Crippen LogP contribution in [0.3, 0.4) is 0 Å². The van der Waals surface area contributed by atoms with Crippen LogP contribution < -0.4 is 0 Å². The molecule has 0 amide bonds. The number of carbonyl (C=O) groups is 2. The topological polar surface area (TPSA) is 72.8 Å². The van der Waals surface area contributed by atoms with Crippen molar-refractivity contribution in [1.29, 1.82) is 0 Å². The number of ether oxygens (including phenoxy) is 2. The molecule has 5 nitrogen and oxygen atoms in total. The van der Waals surface area contributed by atoms with Crippen LogP contribution in [0.25, 0.3) is 6.08 Å². The van der Waals surface area contributed by atoms with Gasteiger partial charge in [0, 0.05) is 11.6 Å². The number of hydrogen-bond donors (Lipinski definition) is 1. The molecule has 0 aromatic heterocycles. The molecule has 0 aliphatic rings. The Labute approximate surface area is 150 Å². The Morgan fingerprint density at radius 2 is 1.76 bits per heavy atom. The molecule has 5 heteroatoms. The fraction of sp³-hybridized carbons (Fsp3) is 0.300. The fourth-order valence-electron chi connectivity index (χ4n) is 1.15. The lowest BCUT2D eigenvalue weighted by molar-refractivity contribution is -0.146. The monoisotopic (exact) mass is 348 g/mol. The smallest absolute Gasteiger partial charge is 0.335 e. The normalized spacial score (nSPS) is 8.44. The Kier molecular flexibility index (Phi) is 17.4. The third-order valence-electron chi connectivity index (χ3n) is 2.49. The van der Waals surface area contributed by atoms with E-state index in [1.807, 2.05) is 43.3 Å². The number of aliphatic hydroxyl groups is 1. The number of unbranched alkanes of at least 4 members (excludes halogenated alkanes) is 1. The van der Waals surface area contributed by atoms with Crippen molar-refractivity contribution in [1.82, 2.24) is 0 Å². The first-order valence-corrected chi connectivity index (χ1v) is 7.83. The summed E-state index contributed by atoms with van der Waals surface area (Å²) >= 11 is 0. The van der Waals surface area contributed by atoms with Crippen molar-refractivity contribution in [2.75, 3.05) is 13.4 Å². The Bertz CT molecular complexity index is 520. The van der Waals surface area contributed by atoms with E-state index in [0.29, 0.717) is 12.2 Å². The van der Waals surface area contributed by atoms with E-state index < -0.39 is 12.8 Å². The van der Waals surface area contributed by atoms with E-state index in [4.69, 9.17) is 5.11 Å². The predicted octanol–water partition coefficient (Wildman–Crippen LogP) is 3.90. The highest BCUT2D eigenvalue weighted by Crippen LogP contribution is 1.97. The summed E-state index contributed by atoms with van der Waals surface area (Å²) in [7, 11) is 0. The van der Waals surface area contributed by atoms with E-state index in [1.165, 1.54) is 18.6 Å². The van der Waals surface area contributed by atoms with Crippen LogP contribution in [0.5, 0.6) is 0 Å². The summed E-state index contributed by atoms with van der Waals surface area (Å²) in [4.78, 5) is 20.6. The molecule has 0 bridgehead atoms. The molecule has 1 aromatic carbocycles. The molecule has 25 heavy (non-hydrogen) atoms. The summed E-state index contributed by atoms with van der Waals surface area (Å²) in [5, 5.41) is 8.00. The zero-order chi connectivity index (χ0) is 19.5. The van der Waals surface area contributed by atoms with Crippen LogP contribution in [0.2, 0.25) is 0 Å². The first-order chi connectivity index (χ1) is 11.9. The zero-order valence-corrected chi connectivity index (χ0v) is 15.1. The average Bonchev–Trinajstić information content (AvgIpc) is 2.63. The molecule has 0 aliphatic heterocycles. The number of aliphatic hydroxyl groups excluding tert-OH is 1. The number of esters is 2. The Balaban J connectivity index is 0. The highest BCUT2D eigenvalue weighted by Gasteiger charge is 1.98. The third kappa shape index (κ3) is 17.5. The zero-order valence-electron chi connectivity index (χ0n) is 15.1. The molecule has 1 aromatic rings. The lowest BCUT2D eigenvalue weighted by Gasteiger charge is -1.97. The third-order valence-corrected chi connectivity index (χ3v) is 2.49. The van der Waals surface area contributed by atoms with Gasteiger partial charge in [-0.1, -0.05) is 69.5 Å². The van der Waals surface area contributed by atoms with Gasteiger partial charge < -0.3 is 14.6 Å². The highest BCUT2D eigenvalue weighted by atomic mass is 16.6. The van der Waals surface area contributed by atoms with Crippen LogP contribution in [0.1, 0.15) is 32.3 Å². The standard InChI is InChI=1S/C8H8.C7H12O2.C5H8O3/c1-2-8-6-4-3-5-7-8;1-3-5-6-9-7(8)4-2;1-4(2)5(7)8-3-6/h2-7H,1H2;4H,2-3,5-6H2,1H3;6H,1,3H2,2H3. The quantitative estimate of drug-likeness (QED) is 0.350. The summed E-state index contributed by atoms with van der Waals surface area (Å²) < 4.78 is 8.79. The predicted molar refractivity (Wildman–Crippen MR) is 101 cm³/mol. The first-order valence-electron chi connectivity index (χ1n) is 7.83. The minimum atomic E-state index is -0.578. The molecule has 0 unspecified atom stereocenters. The average molecular weight is 348 g/mol. The van der Waals surface area contributed by atoms with Gasteiger partial charge in [-0.15, -0.1) is 0 Å². The number of hydrogen-bond acceptors (Lipinski definition) is 5. The Hall–Kier alpha value is -2.66. The molecule has 0 radical (unpaired) electrons. The summed E-state index contributed by atoms with van der Waals surface area (Å²) in [6.45, 7) is 13.7. The molecule has 0 fully saturated rings. The van der Waals surface area contributed by atoms with Crippen molar-refractivity contribution in [3.8, 4) is 0 Å². The maximum atomic E-state index is 10.3. The van der Waals surface area contributed by atoms with Gasteiger partial charge in [0.1, 0.15) is 0 Å². The molecule has 0 aliphatic carbocycles. The lowest BCUT2D eigenvalue weighted by atomic mass is 10.2. The van der Waals surface area contributed by atoms with E-state index in [2.05, 4.69) is 29.2 Å². The van der Waals surface area contributed by atoms with Crippen molar-refractivity contribution < 1.29 is 24.2 Å². The van der Waals surface area contributed by atoms with E-state index in [9.17, 15) is 9.59 Å². The largest absolute Gasteiger partial charge is 0.463 e. The van der Waals surface area contributed by atoms with Crippen molar-refractivity contribution in [2.45, 2.75) is 26.7 Å². The van der Waals surface area contributed by atoms with Crippen LogP contribution in [-0.4, -0.2) is 30.4 Å². The van der Waals surface area contributed by atoms with Crippen molar-refractivity contribution >= 4 is 18.0 Å². The summed E-state index contributed by atoms with van der Waals surface area (Å²) in [5.41, 5.74) is 1.46. The lowest BCUT2D eigenvalue weighted by Crippen LogP contribution is -2.04. The van der Waals surface area contributed by atoms with Gasteiger partial charge in [-0.3, -0.25) is 0 Å². The molecule has 0 saturated carbocycles. The van der Waals surface area contributed by atoms with E-state index >= 15 is 0 Å². The van der Waals surface area contributed by atoms with Crippen molar-refractivity contribution in [3.63, 3.8) is 0 Å².